The zero-order valence-electron chi connectivity index (χ0n) is 8.35. The average molecular weight is 223 g/mol. The maximum atomic E-state index is 11.3. The smallest absolute Gasteiger partial charge is 0.405 e. The molecule has 84 valence electrons. The predicted octanol–water partition coefficient (Wildman–Crippen LogP) is 0.210. The number of hydrogen-bond acceptors (Lipinski definition) is 5. The van der Waals surface area contributed by atoms with Crippen LogP contribution in [-0.2, 0) is 0 Å². The molecule has 1 atom stereocenters. The summed E-state index contributed by atoms with van der Waals surface area (Å²) in [7, 11) is 0. The van der Waals surface area contributed by atoms with E-state index in [0.29, 0.717) is 0 Å². The summed E-state index contributed by atoms with van der Waals surface area (Å²) < 4.78 is 4.79. The third-order valence-corrected chi connectivity index (χ3v) is 2.25. The Bertz CT molecular complexity index is 602. The molecule has 1 unspecified atom stereocenters. The molecular formula is C10H9NO5. The molecule has 0 aliphatic rings. The van der Waals surface area contributed by atoms with E-state index in [4.69, 9.17) is 9.62 Å². The fourth-order valence-electron chi connectivity index (χ4n) is 1.49. The van der Waals surface area contributed by atoms with Gasteiger partial charge in [0.15, 0.2) is 5.75 Å². The average Bonchev–Trinajstić information content (AvgIpc) is 2.19. The van der Waals surface area contributed by atoms with Gasteiger partial charge in [0.05, 0.1) is 5.39 Å². The number of nitrogens with one attached hydrogen (secondary N) is 1. The Labute approximate surface area is 89.5 Å². The van der Waals surface area contributed by atoms with Gasteiger partial charge in [0.1, 0.15) is 5.58 Å². The number of fused-ring (bicyclic) bond motifs is 1. The van der Waals surface area contributed by atoms with Gasteiger partial charge in [-0.1, -0.05) is 11.6 Å². The molecule has 0 bridgehead atoms. The summed E-state index contributed by atoms with van der Waals surface area (Å²) in [6.45, 7) is 1.78. The lowest BCUT2D eigenvalue weighted by Gasteiger charge is -2.12. The number of hydrogen-bond donors (Lipinski definition) is 3. The first-order chi connectivity index (χ1) is 7.50. The number of rotatable bonds is 1. The first-order valence-corrected chi connectivity index (χ1v) is 4.50. The third-order valence-electron chi connectivity index (χ3n) is 2.25. The molecule has 1 heterocycles. The summed E-state index contributed by atoms with van der Waals surface area (Å²) in [5.41, 5.74) is -0.800. The minimum Gasteiger partial charge on any atom is -0.595 e. The molecule has 1 aromatic carbocycles. The van der Waals surface area contributed by atoms with Crippen molar-refractivity contribution in [2.45, 2.75) is 6.92 Å². The van der Waals surface area contributed by atoms with Crippen LogP contribution in [-0.4, -0.2) is 10.3 Å². The van der Waals surface area contributed by atoms with Crippen molar-refractivity contribution < 1.29 is 20.0 Å². The first kappa shape index (κ1) is 10.6. The van der Waals surface area contributed by atoms with Crippen molar-refractivity contribution in [2.24, 2.45) is 0 Å². The minimum absolute atomic E-state index is 0.165. The highest BCUT2D eigenvalue weighted by Crippen LogP contribution is 2.27. The van der Waals surface area contributed by atoms with Gasteiger partial charge in [0.2, 0.25) is 0 Å². The van der Waals surface area contributed by atoms with Crippen LogP contribution in [0.2, 0.25) is 0 Å². The largest absolute Gasteiger partial charge is 0.595 e. The quantitative estimate of drug-likeness (QED) is 0.474. The standard InChI is InChI=1S/C10H9NO5/c1-5-2-3-7-6(4-5)9(12)8(11(14)15)10(13)16-7/h2-4,11-12,14H,1H3. The van der Waals surface area contributed by atoms with E-state index in [9.17, 15) is 15.1 Å². The van der Waals surface area contributed by atoms with Crippen LogP contribution >= 0.6 is 0 Å². The van der Waals surface area contributed by atoms with E-state index in [1.54, 1.807) is 19.1 Å². The summed E-state index contributed by atoms with van der Waals surface area (Å²) in [6, 6.07) is 4.77. The highest BCUT2D eigenvalue weighted by molar-refractivity contribution is 5.86. The molecule has 0 radical (unpaired) electrons. The lowest BCUT2D eigenvalue weighted by molar-refractivity contribution is -0.992. The van der Waals surface area contributed by atoms with Crippen LogP contribution in [0.25, 0.3) is 11.0 Å². The van der Waals surface area contributed by atoms with Crippen molar-refractivity contribution in [1.29, 1.82) is 0 Å². The molecule has 0 saturated heterocycles. The molecule has 6 heteroatoms. The summed E-state index contributed by atoms with van der Waals surface area (Å²) in [6.07, 6.45) is 0. The van der Waals surface area contributed by atoms with Gasteiger partial charge in [-0.2, -0.15) is 5.23 Å². The zero-order valence-corrected chi connectivity index (χ0v) is 8.35. The van der Waals surface area contributed by atoms with E-state index in [2.05, 4.69) is 0 Å². The molecular weight excluding hydrogens is 214 g/mol. The Morgan fingerprint density at radius 2 is 2.12 bits per heavy atom. The van der Waals surface area contributed by atoms with Crippen LogP contribution < -0.4 is 10.9 Å². The first-order valence-electron chi connectivity index (χ1n) is 4.50. The minimum atomic E-state index is -1.50. The lowest BCUT2D eigenvalue weighted by atomic mass is 10.1. The molecule has 2 rings (SSSR count). The SMILES string of the molecule is Cc1ccc2oc(=O)c([NH+]([O-])O)c(O)c2c1. The number of benzene rings is 1. The van der Waals surface area contributed by atoms with Crippen LogP contribution in [0.1, 0.15) is 5.56 Å². The Morgan fingerprint density at radius 3 is 2.75 bits per heavy atom. The molecule has 1 aromatic heterocycles. The number of aryl methyl sites for hydroxylation is 1. The lowest BCUT2D eigenvalue weighted by Crippen LogP contribution is -3.00. The van der Waals surface area contributed by atoms with Crippen LogP contribution in [0.4, 0.5) is 5.69 Å². The van der Waals surface area contributed by atoms with Gasteiger partial charge in [-0.05, 0) is 19.1 Å². The fraction of sp³-hybridized carbons (Fsp3) is 0.100. The van der Waals surface area contributed by atoms with E-state index in [1.807, 2.05) is 0 Å². The van der Waals surface area contributed by atoms with Gasteiger partial charge >= 0.3 is 5.63 Å². The molecule has 0 aliphatic heterocycles. The topological polar surface area (TPSA) is 98.2 Å². The highest BCUT2D eigenvalue weighted by Gasteiger charge is 2.19. The second-order valence-electron chi connectivity index (χ2n) is 3.42. The van der Waals surface area contributed by atoms with E-state index in [-0.39, 0.29) is 11.0 Å². The van der Waals surface area contributed by atoms with Crippen LogP contribution in [0, 0.1) is 12.1 Å². The van der Waals surface area contributed by atoms with E-state index in [0.717, 1.165) is 5.56 Å². The molecule has 0 aliphatic carbocycles. The molecule has 0 fully saturated rings. The summed E-state index contributed by atoms with van der Waals surface area (Å²) in [5.74, 6) is -0.553. The van der Waals surface area contributed by atoms with Crippen LogP contribution in [0.5, 0.6) is 5.75 Å². The van der Waals surface area contributed by atoms with Gasteiger partial charge in [-0.3, -0.25) is 0 Å². The van der Waals surface area contributed by atoms with Gasteiger partial charge in [-0.15, -0.1) is 0 Å². The van der Waals surface area contributed by atoms with Crippen molar-refractivity contribution in [1.82, 2.24) is 0 Å². The predicted molar refractivity (Wildman–Crippen MR) is 54.7 cm³/mol. The Kier molecular flexibility index (Phi) is 2.39. The maximum Gasteiger partial charge on any atom is 0.405 e. The zero-order chi connectivity index (χ0) is 11.9. The van der Waals surface area contributed by atoms with Gasteiger partial charge in [-0.25, -0.2) is 10.0 Å². The van der Waals surface area contributed by atoms with Gasteiger partial charge < -0.3 is 14.7 Å². The maximum absolute atomic E-state index is 11.3. The van der Waals surface area contributed by atoms with E-state index < -0.39 is 22.3 Å². The van der Waals surface area contributed by atoms with Crippen molar-refractivity contribution in [3.05, 3.63) is 39.4 Å². The highest BCUT2D eigenvalue weighted by atomic mass is 16.8. The normalized spacial score (nSPS) is 12.9. The van der Waals surface area contributed by atoms with E-state index in [1.165, 1.54) is 6.07 Å². The monoisotopic (exact) mass is 223 g/mol. The molecule has 0 spiro atoms. The third kappa shape index (κ3) is 1.54. The number of aromatic hydroxyl groups is 1. The molecule has 0 amide bonds. The fourth-order valence-corrected chi connectivity index (χ4v) is 1.49. The van der Waals surface area contributed by atoms with Gasteiger partial charge in [0, 0.05) is 0 Å². The molecule has 2 aromatic rings. The second kappa shape index (κ2) is 3.60. The summed E-state index contributed by atoms with van der Waals surface area (Å²) >= 11 is 0. The van der Waals surface area contributed by atoms with Crippen molar-refractivity contribution in [3.63, 3.8) is 0 Å². The van der Waals surface area contributed by atoms with Crippen LogP contribution in [0.3, 0.4) is 0 Å². The Balaban J connectivity index is 2.91. The van der Waals surface area contributed by atoms with Crippen molar-refractivity contribution in [3.8, 4) is 5.75 Å². The Hall–Kier alpha value is -1.89. The van der Waals surface area contributed by atoms with E-state index >= 15 is 0 Å². The Morgan fingerprint density at radius 1 is 1.44 bits per heavy atom. The molecule has 6 nitrogen and oxygen atoms in total. The molecule has 3 N–H and O–H groups in total. The van der Waals surface area contributed by atoms with Crippen molar-refractivity contribution >= 4 is 16.7 Å². The molecule has 16 heavy (non-hydrogen) atoms. The molecule has 0 saturated carbocycles. The number of quaternary nitrogens is 1. The van der Waals surface area contributed by atoms with Gasteiger partial charge in [0.25, 0.3) is 5.69 Å². The summed E-state index contributed by atoms with van der Waals surface area (Å²) in [4.78, 5) is 11.3. The summed E-state index contributed by atoms with van der Waals surface area (Å²) in [5, 5.41) is 27.9. The van der Waals surface area contributed by atoms with Crippen molar-refractivity contribution in [2.75, 3.05) is 0 Å². The van der Waals surface area contributed by atoms with Crippen LogP contribution in [0.15, 0.2) is 27.4 Å². The second-order valence-corrected chi connectivity index (χ2v) is 3.42.